The van der Waals surface area contributed by atoms with Gasteiger partial charge in [0.2, 0.25) is 5.95 Å². The lowest BCUT2D eigenvalue weighted by Crippen LogP contribution is -2.38. The first-order valence-electron chi connectivity index (χ1n) is 10.4. The van der Waals surface area contributed by atoms with E-state index in [1.54, 1.807) is 24.7 Å². The third-order valence-corrected chi connectivity index (χ3v) is 4.92. The minimum Gasteiger partial charge on any atom is -0.493 e. The number of nitrogens with zero attached hydrogens (tertiary/aromatic N) is 4. The maximum Gasteiger partial charge on any atom is 0.227 e. The summed E-state index contributed by atoms with van der Waals surface area (Å²) in [5.41, 5.74) is 2.98. The van der Waals surface area contributed by atoms with Crippen LogP contribution in [0.25, 0.3) is 0 Å². The number of hydrogen-bond donors (Lipinski definition) is 1. The highest BCUT2D eigenvalue weighted by Crippen LogP contribution is 2.26. The number of aromatic nitrogens is 3. The fraction of sp³-hybridized carbons (Fsp3) is 0.348. The predicted molar refractivity (Wildman–Crippen MR) is 116 cm³/mol. The molecule has 0 bridgehead atoms. The quantitative estimate of drug-likeness (QED) is 0.608. The van der Waals surface area contributed by atoms with Crippen LogP contribution < -0.4 is 10.1 Å². The van der Waals surface area contributed by atoms with Crippen LogP contribution in [-0.4, -0.2) is 46.2 Å². The van der Waals surface area contributed by atoms with E-state index in [0.29, 0.717) is 12.6 Å². The molecule has 0 unspecified atom stereocenters. The minimum atomic E-state index is -0.0514. The molecule has 1 fully saturated rings. The lowest BCUT2D eigenvalue weighted by atomic mass is 10.1. The Morgan fingerprint density at radius 2 is 1.97 bits per heavy atom. The highest BCUT2D eigenvalue weighted by Gasteiger charge is 2.23. The van der Waals surface area contributed by atoms with E-state index < -0.39 is 0 Å². The maximum atomic E-state index is 6.00. The van der Waals surface area contributed by atoms with Crippen LogP contribution in [0.15, 0.2) is 61.1 Å². The SMILES string of the molecule is CCCOc1ccccc1CN1CCO[C@H](c2ccc(Nc3ncccn3)cn2)C1. The van der Waals surface area contributed by atoms with E-state index in [-0.39, 0.29) is 6.10 Å². The molecule has 3 heterocycles. The molecule has 0 spiro atoms. The van der Waals surface area contributed by atoms with Crippen LogP contribution in [0.1, 0.15) is 30.7 Å². The van der Waals surface area contributed by atoms with Crippen molar-refractivity contribution in [3.8, 4) is 5.75 Å². The number of morpholine rings is 1. The molecular weight excluding hydrogens is 378 g/mol. The summed E-state index contributed by atoms with van der Waals surface area (Å²) in [4.78, 5) is 15.3. The van der Waals surface area contributed by atoms with Crippen molar-refractivity contribution in [2.45, 2.75) is 26.0 Å². The van der Waals surface area contributed by atoms with Crippen molar-refractivity contribution in [3.63, 3.8) is 0 Å². The van der Waals surface area contributed by atoms with E-state index in [2.05, 4.69) is 44.2 Å². The van der Waals surface area contributed by atoms with Crippen molar-refractivity contribution < 1.29 is 9.47 Å². The Bertz CT molecular complexity index is 920. The van der Waals surface area contributed by atoms with Crippen LogP contribution in [0.2, 0.25) is 0 Å². The van der Waals surface area contributed by atoms with Gasteiger partial charge in [0, 0.05) is 37.6 Å². The molecule has 1 N–H and O–H groups in total. The molecule has 1 aliphatic rings. The standard InChI is InChI=1S/C23H27N5O2/c1-2-13-29-21-7-4-3-6-18(21)16-28-12-14-30-22(17-28)20-9-8-19(15-26-20)27-23-24-10-5-11-25-23/h3-11,15,22H,2,12-14,16-17H2,1H3,(H,24,25,27)/t22-/m0/s1. The number of ether oxygens (including phenoxy) is 2. The second-order valence-corrected chi connectivity index (χ2v) is 7.22. The molecule has 4 rings (SSSR count). The first kappa shape index (κ1) is 20.3. The first-order valence-corrected chi connectivity index (χ1v) is 10.4. The lowest BCUT2D eigenvalue weighted by molar-refractivity contribution is -0.0351. The lowest BCUT2D eigenvalue weighted by Gasteiger charge is -2.33. The zero-order valence-electron chi connectivity index (χ0n) is 17.2. The number of anilines is 2. The average molecular weight is 406 g/mol. The second-order valence-electron chi connectivity index (χ2n) is 7.22. The van der Waals surface area contributed by atoms with Gasteiger partial charge in [-0.3, -0.25) is 9.88 Å². The second kappa shape index (κ2) is 10.1. The van der Waals surface area contributed by atoms with E-state index >= 15 is 0 Å². The van der Waals surface area contributed by atoms with Crippen molar-refractivity contribution in [2.24, 2.45) is 0 Å². The summed E-state index contributed by atoms with van der Waals surface area (Å²) < 4.78 is 11.9. The zero-order valence-corrected chi connectivity index (χ0v) is 17.2. The monoisotopic (exact) mass is 405 g/mol. The molecule has 1 atom stereocenters. The van der Waals surface area contributed by atoms with E-state index in [0.717, 1.165) is 49.8 Å². The largest absolute Gasteiger partial charge is 0.493 e. The molecule has 30 heavy (non-hydrogen) atoms. The number of nitrogens with one attached hydrogen (secondary N) is 1. The summed E-state index contributed by atoms with van der Waals surface area (Å²) in [5, 5.41) is 3.15. The Labute approximate surface area is 177 Å². The topological polar surface area (TPSA) is 72.4 Å². The molecule has 7 heteroatoms. The number of pyridine rings is 1. The molecular formula is C23H27N5O2. The third kappa shape index (κ3) is 5.31. The summed E-state index contributed by atoms with van der Waals surface area (Å²) >= 11 is 0. The van der Waals surface area contributed by atoms with Gasteiger partial charge in [0.1, 0.15) is 11.9 Å². The zero-order chi connectivity index (χ0) is 20.6. The van der Waals surface area contributed by atoms with Gasteiger partial charge in [0.25, 0.3) is 0 Å². The molecule has 1 saturated heterocycles. The Hall–Kier alpha value is -3.03. The average Bonchev–Trinajstić information content (AvgIpc) is 2.80. The van der Waals surface area contributed by atoms with Crippen LogP contribution in [0, 0.1) is 0 Å². The van der Waals surface area contributed by atoms with Gasteiger partial charge in [-0.15, -0.1) is 0 Å². The number of benzene rings is 1. The summed E-state index contributed by atoms with van der Waals surface area (Å²) in [7, 11) is 0. The van der Waals surface area contributed by atoms with Gasteiger partial charge in [-0.25, -0.2) is 9.97 Å². The molecule has 156 valence electrons. The van der Waals surface area contributed by atoms with Gasteiger partial charge in [0.05, 0.1) is 30.8 Å². The van der Waals surface area contributed by atoms with Crippen LogP contribution in [0.3, 0.4) is 0 Å². The molecule has 1 aliphatic heterocycles. The van der Waals surface area contributed by atoms with Gasteiger partial charge in [-0.05, 0) is 30.7 Å². The summed E-state index contributed by atoms with van der Waals surface area (Å²) in [5.74, 6) is 1.52. The highest BCUT2D eigenvalue weighted by atomic mass is 16.5. The van der Waals surface area contributed by atoms with Crippen molar-refractivity contribution in [1.29, 1.82) is 0 Å². The Kier molecular flexibility index (Phi) is 6.84. The first-order chi connectivity index (χ1) is 14.8. The van der Waals surface area contributed by atoms with Gasteiger partial charge in [0.15, 0.2) is 0 Å². The summed E-state index contributed by atoms with van der Waals surface area (Å²) in [6, 6.07) is 14.0. The van der Waals surface area contributed by atoms with Gasteiger partial charge < -0.3 is 14.8 Å². The summed E-state index contributed by atoms with van der Waals surface area (Å²) in [6.07, 6.45) is 6.15. The van der Waals surface area contributed by atoms with E-state index in [1.807, 2.05) is 24.3 Å². The van der Waals surface area contributed by atoms with Crippen LogP contribution in [0.4, 0.5) is 11.6 Å². The highest BCUT2D eigenvalue weighted by molar-refractivity contribution is 5.51. The molecule has 0 saturated carbocycles. The fourth-order valence-corrected chi connectivity index (χ4v) is 3.42. The third-order valence-electron chi connectivity index (χ3n) is 4.92. The van der Waals surface area contributed by atoms with Crippen molar-refractivity contribution >= 4 is 11.6 Å². The number of hydrogen-bond acceptors (Lipinski definition) is 7. The Morgan fingerprint density at radius 1 is 1.10 bits per heavy atom. The van der Waals surface area contributed by atoms with Crippen LogP contribution >= 0.6 is 0 Å². The van der Waals surface area contributed by atoms with Gasteiger partial charge >= 0.3 is 0 Å². The number of para-hydroxylation sites is 1. The molecule has 0 aliphatic carbocycles. The van der Waals surface area contributed by atoms with Crippen molar-refractivity contribution in [1.82, 2.24) is 19.9 Å². The van der Waals surface area contributed by atoms with E-state index in [1.165, 1.54) is 5.56 Å². The predicted octanol–water partition coefficient (Wildman–Crippen LogP) is 3.98. The molecule has 7 nitrogen and oxygen atoms in total. The van der Waals surface area contributed by atoms with Gasteiger partial charge in [-0.2, -0.15) is 0 Å². The molecule has 1 aromatic carbocycles. The normalized spacial score (nSPS) is 16.9. The van der Waals surface area contributed by atoms with Crippen LogP contribution in [-0.2, 0) is 11.3 Å². The van der Waals surface area contributed by atoms with Crippen molar-refractivity contribution in [2.75, 3.05) is 31.6 Å². The van der Waals surface area contributed by atoms with E-state index in [9.17, 15) is 0 Å². The fourth-order valence-electron chi connectivity index (χ4n) is 3.42. The molecule has 0 radical (unpaired) electrons. The Balaban J connectivity index is 1.38. The molecule has 3 aromatic rings. The van der Waals surface area contributed by atoms with Crippen molar-refractivity contribution in [3.05, 3.63) is 72.3 Å². The minimum absolute atomic E-state index is 0.0514. The molecule has 2 aromatic heterocycles. The molecule has 0 amide bonds. The maximum absolute atomic E-state index is 6.00. The van der Waals surface area contributed by atoms with Crippen LogP contribution in [0.5, 0.6) is 5.75 Å². The van der Waals surface area contributed by atoms with Gasteiger partial charge in [-0.1, -0.05) is 25.1 Å². The smallest absolute Gasteiger partial charge is 0.227 e. The van der Waals surface area contributed by atoms with E-state index in [4.69, 9.17) is 9.47 Å². The Morgan fingerprint density at radius 3 is 2.77 bits per heavy atom. The summed E-state index contributed by atoms with van der Waals surface area (Å²) in [6.45, 7) is 6.07. The number of rotatable bonds is 8.